The van der Waals surface area contributed by atoms with Crippen molar-refractivity contribution in [1.82, 2.24) is 4.98 Å². The van der Waals surface area contributed by atoms with Gasteiger partial charge in [-0.1, -0.05) is 18.2 Å². The first-order chi connectivity index (χ1) is 13.7. The van der Waals surface area contributed by atoms with Gasteiger partial charge in [-0.05, 0) is 48.5 Å². The summed E-state index contributed by atoms with van der Waals surface area (Å²) in [5.41, 5.74) is 2.74. The maximum absolute atomic E-state index is 13.0. The molecule has 0 aliphatic carbocycles. The lowest BCUT2D eigenvalue weighted by Crippen LogP contribution is -2.13. The fraction of sp³-hybridized carbons (Fsp3) is 0.0455. The van der Waals surface area contributed by atoms with E-state index < -0.39 is 5.97 Å². The minimum Gasteiger partial charge on any atom is -0.465 e. The number of esters is 1. The number of amides is 1. The Kier molecular flexibility index (Phi) is 4.60. The Balaban J connectivity index is 1.69. The number of nitrogens with zero attached hydrogens (tertiary/aromatic N) is 1. The molecule has 4 rings (SSSR count). The second kappa shape index (κ2) is 7.36. The van der Waals surface area contributed by atoms with Crippen molar-refractivity contribution in [3.05, 3.63) is 84.1 Å². The van der Waals surface area contributed by atoms with E-state index in [1.165, 1.54) is 7.11 Å². The smallest absolute Gasteiger partial charge is 0.337 e. The van der Waals surface area contributed by atoms with E-state index in [-0.39, 0.29) is 5.91 Å². The lowest BCUT2D eigenvalue weighted by Gasteiger charge is -2.10. The van der Waals surface area contributed by atoms with Crippen LogP contribution in [0.3, 0.4) is 0 Å². The number of furan rings is 1. The number of ether oxygens (including phenoxy) is 1. The monoisotopic (exact) mass is 372 g/mol. The number of anilines is 1. The van der Waals surface area contributed by atoms with Crippen LogP contribution in [0.15, 0.2) is 77.4 Å². The minimum absolute atomic E-state index is 0.280. The van der Waals surface area contributed by atoms with Gasteiger partial charge < -0.3 is 14.5 Å². The SMILES string of the molecule is COC(=O)c1ccc(NC(=O)c2cc(-c3ccco3)nc3ccccc23)cc1. The van der Waals surface area contributed by atoms with Gasteiger partial charge in [-0.25, -0.2) is 9.78 Å². The van der Waals surface area contributed by atoms with E-state index in [0.717, 1.165) is 5.39 Å². The highest BCUT2D eigenvalue weighted by Gasteiger charge is 2.15. The van der Waals surface area contributed by atoms with Crippen molar-refractivity contribution < 1.29 is 18.7 Å². The van der Waals surface area contributed by atoms with Gasteiger partial charge in [-0.15, -0.1) is 0 Å². The van der Waals surface area contributed by atoms with Crippen molar-refractivity contribution in [3.63, 3.8) is 0 Å². The quantitative estimate of drug-likeness (QED) is 0.532. The molecule has 0 spiro atoms. The number of carbonyl (C=O) groups is 2. The molecule has 6 nitrogen and oxygen atoms in total. The summed E-state index contributed by atoms with van der Waals surface area (Å²) in [6, 6.07) is 19.2. The van der Waals surface area contributed by atoms with Crippen molar-refractivity contribution in [1.29, 1.82) is 0 Å². The summed E-state index contributed by atoms with van der Waals surface area (Å²) in [6.07, 6.45) is 1.56. The van der Waals surface area contributed by atoms with Gasteiger partial charge in [-0.2, -0.15) is 0 Å². The van der Waals surface area contributed by atoms with Crippen LogP contribution < -0.4 is 5.32 Å². The normalized spacial score (nSPS) is 10.6. The Labute approximate surface area is 160 Å². The highest BCUT2D eigenvalue weighted by Crippen LogP contribution is 2.26. The highest BCUT2D eigenvalue weighted by molar-refractivity contribution is 6.13. The van der Waals surface area contributed by atoms with E-state index in [0.29, 0.717) is 33.8 Å². The molecule has 6 heteroatoms. The van der Waals surface area contributed by atoms with Gasteiger partial charge in [0, 0.05) is 11.1 Å². The predicted molar refractivity (Wildman–Crippen MR) is 105 cm³/mol. The zero-order chi connectivity index (χ0) is 19.5. The van der Waals surface area contributed by atoms with Crippen LogP contribution in [0, 0.1) is 0 Å². The fourth-order valence-electron chi connectivity index (χ4n) is 2.92. The van der Waals surface area contributed by atoms with Gasteiger partial charge in [0.25, 0.3) is 5.91 Å². The van der Waals surface area contributed by atoms with Gasteiger partial charge >= 0.3 is 5.97 Å². The summed E-state index contributed by atoms with van der Waals surface area (Å²) in [5.74, 6) is -0.124. The van der Waals surface area contributed by atoms with E-state index in [2.05, 4.69) is 15.0 Å². The van der Waals surface area contributed by atoms with Crippen LogP contribution in [0.1, 0.15) is 20.7 Å². The lowest BCUT2D eigenvalue weighted by atomic mass is 10.1. The summed E-state index contributed by atoms with van der Waals surface area (Å²) in [4.78, 5) is 29.1. The molecule has 0 radical (unpaired) electrons. The summed E-state index contributed by atoms with van der Waals surface area (Å²) >= 11 is 0. The molecule has 0 unspecified atom stereocenters. The number of pyridine rings is 1. The van der Waals surface area contributed by atoms with Crippen LogP contribution in [0.5, 0.6) is 0 Å². The number of aromatic nitrogens is 1. The number of para-hydroxylation sites is 1. The molecule has 4 aromatic rings. The molecule has 0 saturated carbocycles. The molecule has 2 heterocycles. The van der Waals surface area contributed by atoms with E-state index in [9.17, 15) is 9.59 Å². The molecule has 0 fully saturated rings. The summed E-state index contributed by atoms with van der Waals surface area (Å²) < 4.78 is 10.1. The van der Waals surface area contributed by atoms with Crippen LogP contribution in [0.4, 0.5) is 5.69 Å². The van der Waals surface area contributed by atoms with Gasteiger partial charge in [0.2, 0.25) is 0 Å². The van der Waals surface area contributed by atoms with Crippen LogP contribution in [-0.2, 0) is 4.74 Å². The first-order valence-corrected chi connectivity index (χ1v) is 8.59. The molecule has 28 heavy (non-hydrogen) atoms. The third-order valence-electron chi connectivity index (χ3n) is 4.30. The molecule has 0 aliphatic rings. The van der Waals surface area contributed by atoms with Crippen LogP contribution >= 0.6 is 0 Å². The van der Waals surface area contributed by atoms with Crippen molar-refractivity contribution in [2.75, 3.05) is 12.4 Å². The molecule has 2 aromatic heterocycles. The molecular weight excluding hydrogens is 356 g/mol. The number of methoxy groups -OCH3 is 1. The van der Waals surface area contributed by atoms with Gasteiger partial charge in [0.1, 0.15) is 5.69 Å². The molecule has 0 atom stereocenters. The molecular formula is C22H16N2O4. The first kappa shape index (κ1) is 17.5. The van der Waals surface area contributed by atoms with Crippen LogP contribution in [0.25, 0.3) is 22.4 Å². The molecule has 2 aromatic carbocycles. The molecule has 0 saturated heterocycles. The van der Waals surface area contributed by atoms with Crippen LogP contribution in [0.2, 0.25) is 0 Å². The molecule has 0 bridgehead atoms. The summed E-state index contributed by atoms with van der Waals surface area (Å²) in [6.45, 7) is 0. The number of fused-ring (bicyclic) bond motifs is 1. The number of nitrogens with one attached hydrogen (secondary N) is 1. The second-order valence-electron chi connectivity index (χ2n) is 6.07. The van der Waals surface area contributed by atoms with Gasteiger partial charge in [0.05, 0.1) is 30.0 Å². The maximum atomic E-state index is 13.0. The summed E-state index contributed by atoms with van der Waals surface area (Å²) in [7, 11) is 1.32. The molecule has 1 amide bonds. The zero-order valence-electron chi connectivity index (χ0n) is 15.0. The van der Waals surface area contributed by atoms with Gasteiger partial charge in [-0.3, -0.25) is 4.79 Å². The van der Waals surface area contributed by atoms with Crippen molar-refractivity contribution in [2.45, 2.75) is 0 Å². The standard InChI is InChI=1S/C22H16N2O4/c1-27-22(26)14-8-10-15(11-9-14)23-21(25)17-13-19(20-7-4-12-28-20)24-18-6-3-2-5-16(17)18/h2-13H,1H3,(H,23,25). The Bertz CT molecular complexity index is 1150. The van der Waals surface area contributed by atoms with Gasteiger partial charge in [0.15, 0.2) is 5.76 Å². The Morgan fingerprint density at radius 3 is 2.50 bits per heavy atom. The van der Waals surface area contributed by atoms with Crippen molar-refractivity contribution in [3.8, 4) is 11.5 Å². The largest absolute Gasteiger partial charge is 0.465 e. The number of rotatable bonds is 4. The Morgan fingerprint density at radius 2 is 1.79 bits per heavy atom. The topological polar surface area (TPSA) is 81.4 Å². The molecule has 0 aliphatic heterocycles. The van der Waals surface area contributed by atoms with Crippen molar-refractivity contribution in [2.24, 2.45) is 0 Å². The number of benzene rings is 2. The maximum Gasteiger partial charge on any atom is 0.337 e. The fourth-order valence-corrected chi connectivity index (χ4v) is 2.92. The lowest BCUT2D eigenvalue weighted by molar-refractivity contribution is 0.0600. The molecule has 138 valence electrons. The second-order valence-corrected chi connectivity index (χ2v) is 6.07. The van der Waals surface area contributed by atoms with Crippen molar-refractivity contribution >= 4 is 28.5 Å². The Hall–Kier alpha value is -3.93. The summed E-state index contributed by atoms with van der Waals surface area (Å²) in [5, 5.41) is 3.60. The number of hydrogen-bond donors (Lipinski definition) is 1. The predicted octanol–water partition coefficient (Wildman–Crippen LogP) is 4.53. The van der Waals surface area contributed by atoms with E-state index in [1.54, 1.807) is 48.7 Å². The number of hydrogen-bond acceptors (Lipinski definition) is 5. The van der Waals surface area contributed by atoms with E-state index in [1.807, 2.05) is 24.3 Å². The third-order valence-corrected chi connectivity index (χ3v) is 4.30. The average molecular weight is 372 g/mol. The zero-order valence-corrected chi connectivity index (χ0v) is 15.0. The molecule has 1 N–H and O–H groups in total. The highest BCUT2D eigenvalue weighted by atomic mass is 16.5. The van der Waals surface area contributed by atoms with E-state index in [4.69, 9.17) is 4.42 Å². The first-order valence-electron chi connectivity index (χ1n) is 8.59. The Morgan fingerprint density at radius 1 is 1.00 bits per heavy atom. The third kappa shape index (κ3) is 3.35. The minimum atomic E-state index is -0.430. The average Bonchev–Trinajstić information content (AvgIpc) is 3.28. The number of carbonyl (C=O) groups excluding carboxylic acids is 2. The van der Waals surface area contributed by atoms with Crippen LogP contribution in [-0.4, -0.2) is 24.0 Å². The van der Waals surface area contributed by atoms with E-state index >= 15 is 0 Å².